The molecule has 4 rings (SSSR count). The molecule has 11 heteroatoms. The number of nitrogens with one attached hydrogen (secondary N) is 2. The van der Waals surface area contributed by atoms with Gasteiger partial charge in [0.1, 0.15) is 0 Å². The van der Waals surface area contributed by atoms with Crippen LogP contribution in [0.25, 0.3) is 0 Å². The lowest BCUT2D eigenvalue weighted by Gasteiger charge is -2.32. The summed E-state index contributed by atoms with van der Waals surface area (Å²) in [6, 6.07) is 6.11. The highest BCUT2D eigenvalue weighted by Gasteiger charge is 2.18. The van der Waals surface area contributed by atoms with Crippen molar-refractivity contribution in [2.45, 2.75) is 270 Å². The van der Waals surface area contributed by atoms with Crippen LogP contribution in [0.4, 0.5) is 0 Å². The molecule has 0 aromatic carbocycles. The molecule has 4 aliphatic rings. The van der Waals surface area contributed by atoms with Crippen LogP contribution < -0.4 is 10.6 Å². The van der Waals surface area contributed by atoms with E-state index in [1.165, 1.54) is 110 Å². The predicted octanol–water partition coefficient (Wildman–Crippen LogP) is 11.2. The van der Waals surface area contributed by atoms with Crippen molar-refractivity contribution in [1.82, 2.24) is 40.0 Å². The molecule has 0 spiro atoms. The molecule has 69 heavy (non-hydrogen) atoms. The van der Waals surface area contributed by atoms with Gasteiger partial charge in [-0.05, 0) is 194 Å². The first-order valence-corrected chi connectivity index (χ1v) is 29.0. The molecule has 4 aliphatic heterocycles. The summed E-state index contributed by atoms with van der Waals surface area (Å²) in [5, 5.41) is 15.7. The number of nitrogens with zero attached hydrogens (tertiary/aromatic N) is 6. The molecule has 11 nitrogen and oxygen atoms in total. The van der Waals surface area contributed by atoms with Crippen molar-refractivity contribution in [2.24, 2.45) is 0 Å². The molecule has 3 N–H and O–H groups in total. The highest BCUT2D eigenvalue weighted by Crippen LogP contribution is 2.14. The van der Waals surface area contributed by atoms with E-state index in [-0.39, 0.29) is 6.10 Å². The second kappa shape index (κ2) is 51.1. The Bertz CT molecular complexity index is 956. The van der Waals surface area contributed by atoms with Crippen LogP contribution in [0, 0.1) is 0 Å². The molecule has 4 fully saturated rings. The van der Waals surface area contributed by atoms with E-state index in [1.807, 2.05) is 0 Å². The van der Waals surface area contributed by atoms with E-state index in [2.05, 4.69) is 186 Å². The van der Waals surface area contributed by atoms with Gasteiger partial charge in [0.2, 0.25) is 0 Å². The quantitative estimate of drug-likeness (QED) is 0.122. The van der Waals surface area contributed by atoms with Crippen LogP contribution in [0.15, 0.2) is 0 Å². The van der Waals surface area contributed by atoms with Crippen LogP contribution in [0.2, 0.25) is 0 Å². The van der Waals surface area contributed by atoms with E-state index in [0.29, 0.717) is 36.3 Å². The van der Waals surface area contributed by atoms with Crippen molar-refractivity contribution in [3.05, 3.63) is 0 Å². The predicted molar refractivity (Wildman–Crippen MR) is 310 cm³/mol. The van der Waals surface area contributed by atoms with Gasteiger partial charge in [-0.2, -0.15) is 0 Å². The van der Waals surface area contributed by atoms with Gasteiger partial charge in [0.15, 0.2) is 0 Å². The van der Waals surface area contributed by atoms with E-state index in [4.69, 9.17) is 9.47 Å². The molecule has 0 unspecified atom stereocenters. The minimum atomic E-state index is -0.0324. The van der Waals surface area contributed by atoms with Crippen molar-refractivity contribution < 1.29 is 14.6 Å². The number of ether oxygens (including phenoxy) is 2. The minimum absolute atomic E-state index is 0.0324. The van der Waals surface area contributed by atoms with Crippen LogP contribution in [-0.2, 0) is 9.47 Å². The van der Waals surface area contributed by atoms with Crippen molar-refractivity contribution in [1.29, 1.82) is 0 Å². The van der Waals surface area contributed by atoms with Crippen molar-refractivity contribution >= 4 is 0 Å². The Balaban J connectivity index is -0.000000351. The van der Waals surface area contributed by atoms with Gasteiger partial charge < -0.3 is 54.6 Å². The fraction of sp³-hybridized carbons (Fsp3) is 1.00. The molecule has 0 bridgehead atoms. The molecule has 0 aromatic heterocycles. The van der Waals surface area contributed by atoms with Crippen molar-refractivity contribution in [3.63, 3.8) is 0 Å². The molecular weight excluding hydrogens is 857 g/mol. The van der Waals surface area contributed by atoms with Crippen molar-refractivity contribution in [2.75, 3.05) is 113 Å². The zero-order valence-corrected chi connectivity index (χ0v) is 51.4. The third-order valence-corrected chi connectivity index (χ3v) is 13.2. The van der Waals surface area contributed by atoms with E-state index in [9.17, 15) is 5.11 Å². The maximum atomic E-state index is 9.18. The number of aliphatic hydroxyl groups excluding tert-OH is 1. The molecule has 422 valence electrons. The lowest BCUT2D eigenvalue weighted by atomic mass is 10.1. The Morgan fingerprint density at radius 1 is 0.464 bits per heavy atom. The Hall–Kier alpha value is -0.440. The lowest BCUT2D eigenvalue weighted by molar-refractivity contribution is 0.0685. The topological polar surface area (TPSA) is 82.2 Å². The van der Waals surface area contributed by atoms with Gasteiger partial charge in [0.05, 0.1) is 19.3 Å². The smallest absolute Gasteiger partial charge is 0.0589 e. The Labute approximate surface area is 435 Å². The maximum absolute atomic E-state index is 9.18. The number of hydrogen-bond donors (Lipinski definition) is 3. The van der Waals surface area contributed by atoms with Gasteiger partial charge in [-0.25, -0.2) is 0 Å². The second-order valence-corrected chi connectivity index (χ2v) is 22.4. The molecule has 0 radical (unpaired) electrons. The van der Waals surface area contributed by atoms with Crippen molar-refractivity contribution in [3.8, 4) is 0 Å². The summed E-state index contributed by atoms with van der Waals surface area (Å²) in [7, 11) is 5.54. The number of likely N-dealkylation sites (tertiary alicyclic amines) is 4. The third kappa shape index (κ3) is 52.2. The first kappa shape index (κ1) is 75.1. The number of methoxy groups -OCH3 is 2. The normalized spacial score (nSPS) is 17.6. The molecule has 0 aliphatic carbocycles. The lowest BCUT2D eigenvalue weighted by Crippen LogP contribution is -2.39. The molecule has 0 amide bonds. The fourth-order valence-corrected chi connectivity index (χ4v) is 8.27. The zero-order valence-electron chi connectivity index (χ0n) is 51.4. The monoisotopic (exact) mass is 989 g/mol. The average Bonchev–Trinajstić information content (AvgIpc) is 3.70. The zero-order chi connectivity index (χ0) is 53.7. The number of aliphatic hydroxyl groups is 1. The number of likely N-dealkylation sites (N-methyl/N-ethyl adjacent to an activating group) is 1. The van der Waals surface area contributed by atoms with Gasteiger partial charge in [0.25, 0.3) is 0 Å². The van der Waals surface area contributed by atoms with Gasteiger partial charge in [0, 0.05) is 94.8 Å². The minimum Gasteiger partial charge on any atom is -0.393 e. The Morgan fingerprint density at radius 2 is 0.783 bits per heavy atom. The largest absolute Gasteiger partial charge is 0.393 e. The first-order chi connectivity index (χ1) is 32.4. The molecule has 0 aromatic rings. The van der Waals surface area contributed by atoms with Crippen LogP contribution in [0.5, 0.6) is 0 Å². The SMILES string of the molecule is CC(C)N1CCC(O)CC1.CC(C)N1CCCC1.CC(C)N1CCCCC1.CC(C)N1CCCCCC1.CC(C)NC(C)C.CCN(CC)C(C)C.COCCN(C)C(C)C.COCCNC(C)C. The Morgan fingerprint density at radius 3 is 1.01 bits per heavy atom. The van der Waals surface area contributed by atoms with E-state index in [0.717, 1.165) is 70.4 Å². The highest BCUT2D eigenvalue weighted by molar-refractivity contribution is 4.73. The van der Waals surface area contributed by atoms with Crippen LogP contribution in [-0.4, -0.2) is 208 Å². The number of hydrogen-bond acceptors (Lipinski definition) is 11. The molecule has 4 heterocycles. The van der Waals surface area contributed by atoms with E-state index >= 15 is 0 Å². The van der Waals surface area contributed by atoms with Gasteiger partial charge in [-0.3, -0.25) is 0 Å². The fourth-order valence-electron chi connectivity index (χ4n) is 8.27. The highest BCUT2D eigenvalue weighted by atomic mass is 16.5. The molecule has 0 atom stereocenters. The number of piperidine rings is 2. The van der Waals surface area contributed by atoms with Crippen LogP contribution in [0.3, 0.4) is 0 Å². The molecular formula is C58H132N8O3. The Kier molecular flexibility index (Phi) is 55.6. The third-order valence-electron chi connectivity index (χ3n) is 13.2. The van der Waals surface area contributed by atoms with Crippen LogP contribution >= 0.6 is 0 Å². The second-order valence-electron chi connectivity index (χ2n) is 22.4. The summed E-state index contributed by atoms with van der Waals surface area (Å²) in [6.07, 6.45) is 14.7. The first-order valence-electron chi connectivity index (χ1n) is 29.0. The summed E-state index contributed by atoms with van der Waals surface area (Å²) in [5.41, 5.74) is 0. The van der Waals surface area contributed by atoms with E-state index < -0.39 is 0 Å². The van der Waals surface area contributed by atoms with Gasteiger partial charge in [-0.1, -0.05) is 74.7 Å². The van der Waals surface area contributed by atoms with Crippen LogP contribution in [0.1, 0.15) is 209 Å². The summed E-state index contributed by atoms with van der Waals surface area (Å²) in [5.74, 6) is 0. The molecule has 4 saturated heterocycles. The van der Waals surface area contributed by atoms with Gasteiger partial charge >= 0.3 is 0 Å². The molecule has 0 saturated carbocycles. The van der Waals surface area contributed by atoms with Gasteiger partial charge in [-0.15, -0.1) is 0 Å². The standard InChI is InChI=1S/C9H19N.C8H17NO.C8H17N.C7H17NO.C7H15N.C7H17N.C6H15NO.C6H15N/c1-9(2)10-7-5-3-4-6-8-10;1-7(2)9-5-3-8(10)4-6-9;1-8(2)9-6-4-3-5-7-9;1-7(2)8(3)5-6-9-4;1-7(2)8-5-3-4-6-8;1-5-8(6-2)7(3)4;1-6(2)7-4-5-8-3;1-5(2)7-6(3)4/h9H,3-8H2,1-2H3;7-8,10H,3-6H2,1-2H3;8H,3-7H2,1-2H3;7H,5-6H2,1-4H3;7H,3-6H2,1-2H3;7H,5-6H2,1-4H3;6-7H,4-5H2,1-3H3;5-7H,1-4H3. The van der Waals surface area contributed by atoms with E-state index in [1.54, 1.807) is 14.2 Å². The maximum Gasteiger partial charge on any atom is 0.0589 e. The summed E-state index contributed by atoms with van der Waals surface area (Å²) < 4.78 is 9.75. The summed E-state index contributed by atoms with van der Waals surface area (Å²) >= 11 is 0. The average molecular weight is 990 g/mol. The summed E-state index contributed by atoms with van der Waals surface area (Å²) in [6.45, 7) is 60.2. The summed E-state index contributed by atoms with van der Waals surface area (Å²) in [4.78, 5) is 14.8. The number of rotatable bonds is 17.